The summed E-state index contributed by atoms with van der Waals surface area (Å²) in [5.74, 6) is 0. The second kappa shape index (κ2) is 11.9. The molecular weight excluding hydrogens is 689 g/mol. The standard InChI is InChI=1S/C55H38N2/c1-55(2)48-21-10-8-19-43(48)45-27-30-52-53(54(45)55)47-34-40(25-29-51(47)57(52)41-18-12-17-38(31-41)35-13-4-3-5-14-35)39-24-28-50-46(33-39)44-20-9-11-22-49(44)56(50)42-26-23-36-15-6-7-16-37(36)32-42/h3-34H,1-2H3. The van der Waals surface area contributed by atoms with Crippen LogP contribution in [0.2, 0.25) is 0 Å². The summed E-state index contributed by atoms with van der Waals surface area (Å²) >= 11 is 0. The van der Waals surface area contributed by atoms with E-state index < -0.39 is 0 Å². The highest BCUT2D eigenvalue weighted by atomic mass is 15.0. The Balaban J connectivity index is 1.10. The van der Waals surface area contributed by atoms with Crippen molar-refractivity contribution in [3.8, 4) is 44.8 Å². The van der Waals surface area contributed by atoms with E-state index in [1.807, 2.05) is 0 Å². The van der Waals surface area contributed by atoms with E-state index >= 15 is 0 Å². The Labute approximate surface area is 331 Å². The molecule has 2 nitrogen and oxygen atoms in total. The monoisotopic (exact) mass is 726 g/mol. The summed E-state index contributed by atoms with van der Waals surface area (Å²) in [4.78, 5) is 0. The molecule has 1 aliphatic carbocycles. The lowest BCUT2D eigenvalue weighted by Crippen LogP contribution is -2.15. The molecule has 2 heteroatoms. The van der Waals surface area contributed by atoms with Gasteiger partial charge in [0.05, 0.1) is 22.1 Å². The van der Waals surface area contributed by atoms with Crippen molar-refractivity contribution < 1.29 is 0 Å². The number of para-hydroxylation sites is 1. The highest BCUT2D eigenvalue weighted by Gasteiger charge is 2.38. The van der Waals surface area contributed by atoms with Crippen LogP contribution in [0.4, 0.5) is 0 Å². The van der Waals surface area contributed by atoms with E-state index in [1.165, 1.54) is 110 Å². The number of nitrogens with zero attached hydrogens (tertiary/aromatic N) is 2. The van der Waals surface area contributed by atoms with Crippen molar-refractivity contribution in [2.75, 3.05) is 0 Å². The predicted octanol–water partition coefficient (Wildman–Crippen LogP) is 14.7. The third kappa shape index (κ3) is 4.65. The lowest BCUT2D eigenvalue weighted by molar-refractivity contribution is 0.666. The highest BCUT2D eigenvalue weighted by molar-refractivity contribution is 6.16. The third-order valence-corrected chi connectivity index (χ3v) is 12.7. The van der Waals surface area contributed by atoms with E-state index in [-0.39, 0.29) is 5.41 Å². The van der Waals surface area contributed by atoms with Crippen LogP contribution >= 0.6 is 0 Å². The van der Waals surface area contributed by atoms with Crippen LogP contribution < -0.4 is 0 Å². The normalized spacial score (nSPS) is 13.2. The average molecular weight is 727 g/mol. The fraction of sp³-hybridized carbons (Fsp3) is 0.0545. The summed E-state index contributed by atoms with van der Waals surface area (Å²) in [6.45, 7) is 4.80. The summed E-state index contributed by atoms with van der Waals surface area (Å²) in [6.07, 6.45) is 0. The minimum atomic E-state index is -0.157. The topological polar surface area (TPSA) is 9.86 Å². The largest absolute Gasteiger partial charge is 0.309 e. The smallest absolute Gasteiger partial charge is 0.0544 e. The Hall–Kier alpha value is -7.16. The molecule has 12 rings (SSSR count). The van der Waals surface area contributed by atoms with Crippen LogP contribution in [0.15, 0.2) is 194 Å². The molecule has 0 fully saturated rings. The predicted molar refractivity (Wildman–Crippen MR) is 241 cm³/mol. The fourth-order valence-corrected chi connectivity index (χ4v) is 10.0. The number of fused-ring (bicyclic) bond motifs is 11. The van der Waals surface area contributed by atoms with E-state index in [0.29, 0.717) is 0 Å². The summed E-state index contributed by atoms with van der Waals surface area (Å²) in [7, 11) is 0. The SMILES string of the molecule is CC1(C)c2ccccc2-c2ccc3c(c21)c1cc(-c2ccc4c(c2)c2ccccc2n4-c2ccc4ccccc4c2)ccc1n3-c1cccc(-c2ccccc2)c1. The highest BCUT2D eigenvalue weighted by Crippen LogP contribution is 2.53. The van der Waals surface area contributed by atoms with Crippen molar-refractivity contribution in [1.29, 1.82) is 0 Å². The Bertz CT molecular complexity index is 3430. The first-order valence-corrected chi connectivity index (χ1v) is 19.9. The van der Waals surface area contributed by atoms with Crippen LogP contribution in [0.3, 0.4) is 0 Å². The van der Waals surface area contributed by atoms with Gasteiger partial charge in [0.15, 0.2) is 0 Å². The van der Waals surface area contributed by atoms with Gasteiger partial charge in [-0.1, -0.05) is 147 Å². The van der Waals surface area contributed by atoms with E-state index in [9.17, 15) is 0 Å². The molecule has 0 aliphatic heterocycles. The molecule has 0 bridgehead atoms. The fourth-order valence-electron chi connectivity index (χ4n) is 10.0. The quantitative estimate of drug-likeness (QED) is 0.171. The van der Waals surface area contributed by atoms with Crippen LogP contribution in [0.1, 0.15) is 25.0 Å². The Morgan fingerprint density at radius 1 is 0.351 bits per heavy atom. The third-order valence-electron chi connectivity index (χ3n) is 12.7. The first-order valence-electron chi connectivity index (χ1n) is 19.9. The molecule has 268 valence electrons. The minimum Gasteiger partial charge on any atom is -0.309 e. The number of benzene rings is 9. The van der Waals surface area contributed by atoms with Gasteiger partial charge in [-0.15, -0.1) is 0 Å². The first kappa shape index (κ1) is 32.1. The molecular formula is C55H38N2. The van der Waals surface area contributed by atoms with E-state index in [2.05, 4.69) is 217 Å². The minimum absolute atomic E-state index is 0.157. The van der Waals surface area contributed by atoms with Crippen LogP contribution in [0, 0.1) is 0 Å². The first-order chi connectivity index (χ1) is 28.0. The molecule has 0 radical (unpaired) electrons. The van der Waals surface area contributed by atoms with E-state index in [4.69, 9.17) is 0 Å². The molecule has 0 amide bonds. The lowest BCUT2D eigenvalue weighted by Gasteiger charge is -2.22. The molecule has 0 atom stereocenters. The summed E-state index contributed by atoms with van der Waals surface area (Å²) in [5, 5.41) is 7.64. The van der Waals surface area contributed by atoms with Gasteiger partial charge in [0.2, 0.25) is 0 Å². The maximum Gasteiger partial charge on any atom is 0.0544 e. The summed E-state index contributed by atoms with van der Waals surface area (Å²) in [6, 6.07) is 71.8. The summed E-state index contributed by atoms with van der Waals surface area (Å²) in [5.41, 5.74) is 17.4. The number of hydrogen-bond acceptors (Lipinski definition) is 0. The zero-order chi connectivity index (χ0) is 37.8. The van der Waals surface area contributed by atoms with Crippen molar-refractivity contribution in [1.82, 2.24) is 9.13 Å². The van der Waals surface area contributed by atoms with Crippen LogP contribution in [0.25, 0.3) is 99.1 Å². The van der Waals surface area contributed by atoms with Crippen LogP contribution in [0.5, 0.6) is 0 Å². The molecule has 11 aromatic rings. The number of hydrogen-bond donors (Lipinski definition) is 0. The zero-order valence-corrected chi connectivity index (χ0v) is 31.9. The Morgan fingerprint density at radius 2 is 0.965 bits per heavy atom. The molecule has 0 spiro atoms. The molecule has 57 heavy (non-hydrogen) atoms. The van der Waals surface area contributed by atoms with Crippen molar-refractivity contribution >= 4 is 54.4 Å². The average Bonchev–Trinajstić information content (AvgIpc) is 3.86. The molecule has 2 heterocycles. The maximum atomic E-state index is 2.49. The molecule has 0 N–H and O–H groups in total. The molecule has 1 aliphatic rings. The molecule has 0 saturated heterocycles. The summed E-state index contributed by atoms with van der Waals surface area (Å²) < 4.78 is 4.91. The maximum absolute atomic E-state index is 2.49. The second-order valence-corrected chi connectivity index (χ2v) is 16.2. The molecule has 2 aromatic heterocycles. The number of aromatic nitrogens is 2. The Kier molecular flexibility index (Phi) is 6.72. The van der Waals surface area contributed by atoms with Gasteiger partial charge in [-0.25, -0.2) is 0 Å². The van der Waals surface area contributed by atoms with Gasteiger partial charge in [0, 0.05) is 38.3 Å². The zero-order valence-electron chi connectivity index (χ0n) is 31.9. The lowest BCUT2D eigenvalue weighted by atomic mass is 9.80. The van der Waals surface area contributed by atoms with Crippen molar-refractivity contribution in [2.45, 2.75) is 19.3 Å². The number of rotatable bonds is 4. The second-order valence-electron chi connectivity index (χ2n) is 16.2. The van der Waals surface area contributed by atoms with Crippen molar-refractivity contribution in [2.24, 2.45) is 0 Å². The van der Waals surface area contributed by atoms with Gasteiger partial charge in [-0.3, -0.25) is 0 Å². The molecule has 0 saturated carbocycles. The van der Waals surface area contributed by atoms with E-state index in [0.717, 1.165) is 0 Å². The Morgan fingerprint density at radius 3 is 1.82 bits per heavy atom. The molecule has 0 unspecified atom stereocenters. The van der Waals surface area contributed by atoms with Crippen LogP contribution in [-0.2, 0) is 5.41 Å². The van der Waals surface area contributed by atoms with Gasteiger partial charge in [-0.2, -0.15) is 0 Å². The van der Waals surface area contributed by atoms with Gasteiger partial charge in [-0.05, 0) is 116 Å². The van der Waals surface area contributed by atoms with Crippen LogP contribution in [-0.4, -0.2) is 9.13 Å². The van der Waals surface area contributed by atoms with Gasteiger partial charge in [0.25, 0.3) is 0 Å². The van der Waals surface area contributed by atoms with Crippen molar-refractivity contribution in [3.63, 3.8) is 0 Å². The van der Waals surface area contributed by atoms with Crippen molar-refractivity contribution in [3.05, 3.63) is 205 Å². The van der Waals surface area contributed by atoms with E-state index in [1.54, 1.807) is 0 Å². The van der Waals surface area contributed by atoms with Gasteiger partial charge < -0.3 is 9.13 Å². The molecule has 9 aromatic carbocycles. The van der Waals surface area contributed by atoms with Gasteiger partial charge >= 0.3 is 0 Å². The van der Waals surface area contributed by atoms with Gasteiger partial charge in [0.1, 0.15) is 0 Å².